The summed E-state index contributed by atoms with van der Waals surface area (Å²) in [6.45, 7) is 3.61. The van der Waals surface area contributed by atoms with Crippen LogP contribution in [0.2, 0.25) is 0 Å². The molecule has 0 saturated heterocycles. The van der Waals surface area contributed by atoms with Gasteiger partial charge in [-0.3, -0.25) is 4.18 Å². The molecule has 4 heteroatoms. The van der Waals surface area contributed by atoms with Gasteiger partial charge in [0.2, 0.25) is 0 Å². The van der Waals surface area contributed by atoms with Crippen molar-refractivity contribution in [1.82, 2.24) is 0 Å². The number of allylic oxidation sites excluding steroid dienone is 1. The van der Waals surface area contributed by atoms with Crippen molar-refractivity contribution in [2.45, 2.75) is 25.4 Å². The Bertz CT molecular complexity index is 255. The van der Waals surface area contributed by atoms with E-state index < -0.39 is 10.1 Å². The van der Waals surface area contributed by atoms with Crippen molar-refractivity contribution >= 4 is 10.1 Å². The molecule has 0 bridgehead atoms. The molecular formula is C8H14O3S. The molecule has 3 nitrogen and oxygen atoms in total. The third-order valence-electron chi connectivity index (χ3n) is 2.12. The molecule has 0 unspecified atom stereocenters. The Hall–Kier alpha value is -0.350. The second-order valence-corrected chi connectivity index (χ2v) is 4.80. The standard InChI is InChI=1S/C8H14O3S/c1-3-4-7-5-6-8(7)11-12(2,9)10/h3,7-8H,1,4-6H2,2H3/t7-,8+/m1/s1. The molecule has 0 spiro atoms. The van der Waals surface area contributed by atoms with Gasteiger partial charge in [0.1, 0.15) is 0 Å². The van der Waals surface area contributed by atoms with Crippen LogP contribution in [0.1, 0.15) is 19.3 Å². The van der Waals surface area contributed by atoms with Gasteiger partial charge in [0.25, 0.3) is 10.1 Å². The average Bonchev–Trinajstić information content (AvgIpc) is 1.92. The molecule has 0 aromatic rings. The molecule has 0 amide bonds. The van der Waals surface area contributed by atoms with Gasteiger partial charge in [0.05, 0.1) is 12.4 Å². The molecule has 12 heavy (non-hydrogen) atoms. The first kappa shape index (κ1) is 9.74. The smallest absolute Gasteiger partial charge is 0.264 e. The third-order valence-corrected chi connectivity index (χ3v) is 2.71. The minimum Gasteiger partial charge on any atom is -0.267 e. The molecule has 0 radical (unpaired) electrons. The molecule has 0 N–H and O–H groups in total. The van der Waals surface area contributed by atoms with E-state index in [1.807, 2.05) is 6.08 Å². The van der Waals surface area contributed by atoms with Crippen LogP contribution < -0.4 is 0 Å². The van der Waals surface area contributed by atoms with E-state index in [1.165, 1.54) is 0 Å². The van der Waals surface area contributed by atoms with E-state index in [1.54, 1.807) is 0 Å². The number of hydrogen-bond acceptors (Lipinski definition) is 3. The maximum atomic E-state index is 10.7. The molecule has 1 aliphatic carbocycles. The summed E-state index contributed by atoms with van der Waals surface area (Å²) in [4.78, 5) is 0. The molecular weight excluding hydrogens is 176 g/mol. The largest absolute Gasteiger partial charge is 0.267 e. The first-order chi connectivity index (χ1) is 5.53. The Morgan fingerprint density at radius 3 is 2.58 bits per heavy atom. The van der Waals surface area contributed by atoms with Crippen molar-refractivity contribution in [3.05, 3.63) is 12.7 Å². The summed E-state index contributed by atoms with van der Waals surface area (Å²) in [6.07, 6.45) is 5.55. The average molecular weight is 190 g/mol. The molecule has 1 saturated carbocycles. The van der Waals surface area contributed by atoms with Crippen LogP contribution in [0.25, 0.3) is 0 Å². The highest BCUT2D eigenvalue weighted by Crippen LogP contribution is 2.33. The summed E-state index contributed by atoms with van der Waals surface area (Å²) in [5.41, 5.74) is 0. The Labute approximate surface area is 73.5 Å². The summed E-state index contributed by atoms with van der Waals surface area (Å²) in [5.74, 6) is 0.359. The Balaban J connectivity index is 2.40. The Kier molecular flexibility index (Phi) is 2.90. The van der Waals surface area contributed by atoms with Crippen LogP contribution in [-0.2, 0) is 14.3 Å². The maximum Gasteiger partial charge on any atom is 0.264 e. The van der Waals surface area contributed by atoms with Crippen molar-refractivity contribution in [3.63, 3.8) is 0 Å². The lowest BCUT2D eigenvalue weighted by molar-refractivity contribution is 0.0553. The van der Waals surface area contributed by atoms with E-state index in [9.17, 15) is 8.42 Å². The summed E-state index contributed by atoms with van der Waals surface area (Å²) < 4.78 is 26.3. The molecule has 0 aliphatic heterocycles. The predicted octanol–water partition coefficient (Wildman–Crippen LogP) is 1.32. The van der Waals surface area contributed by atoms with Crippen LogP contribution >= 0.6 is 0 Å². The van der Waals surface area contributed by atoms with Gasteiger partial charge in [-0.25, -0.2) is 0 Å². The van der Waals surface area contributed by atoms with E-state index in [0.717, 1.165) is 25.5 Å². The highest BCUT2D eigenvalue weighted by Gasteiger charge is 2.33. The lowest BCUT2D eigenvalue weighted by Gasteiger charge is -2.34. The van der Waals surface area contributed by atoms with Gasteiger partial charge in [0, 0.05) is 0 Å². The Morgan fingerprint density at radius 2 is 2.25 bits per heavy atom. The SMILES string of the molecule is C=CC[C@@H]1CC[C@@H]1OS(C)(=O)=O. The first-order valence-corrected chi connectivity index (χ1v) is 5.84. The van der Waals surface area contributed by atoms with Crippen LogP contribution in [-0.4, -0.2) is 20.8 Å². The fourth-order valence-corrected chi connectivity index (χ4v) is 2.08. The van der Waals surface area contributed by atoms with Gasteiger partial charge in [-0.05, 0) is 25.2 Å². The van der Waals surface area contributed by atoms with Crippen LogP contribution in [0, 0.1) is 5.92 Å². The van der Waals surface area contributed by atoms with Crippen LogP contribution in [0.15, 0.2) is 12.7 Å². The van der Waals surface area contributed by atoms with Crippen molar-refractivity contribution in [2.24, 2.45) is 5.92 Å². The van der Waals surface area contributed by atoms with Gasteiger partial charge in [0.15, 0.2) is 0 Å². The molecule has 1 fully saturated rings. The minimum atomic E-state index is -3.27. The van der Waals surface area contributed by atoms with Crippen molar-refractivity contribution in [1.29, 1.82) is 0 Å². The van der Waals surface area contributed by atoms with Crippen LogP contribution in [0.4, 0.5) is 0 Å². The van der Waals surface area contributed by atoms with Crippen molar-refractivity contribution < 1.29 is 12.6 Å². The van der Waals surface area contributed by atoms with E-state index >= 15 is 0 Å². The Morgan fingerprint density at radius 1 is 1.58 bits per heavy atom. The third kappa shape index (κ3) is 2.60. The topological polar surface area (TPSA) is 43.4 Å². The first-order valence-electron chi connectivity index (χ1n) is 4.02. The summed E-state index contributed by atoms with van der Waals surface area (Å²) in [5, 5.41) is 0. The number of hydrogen-bond donors (Lipinski definition) is 0. The van der Waals surface area contributed by atoms with E-state index in [-0.39, 0.29) is 6.10 Å². The zero-order chi connectivity index (χ0) is 9.19. The van der Waals surface area contributed by atoms with Gasteiger partial charge in [-0.1, -0.05) is 6.08 Å². The highest BCUT2D eigenvalue weighted by molar-refractivity contribution is 7.86. The molecule has 1 rings (SSSR count). The van der Waals surface area contributed by atoms with E-state index in [4.69, 9.17) is 4.18 Å². The maximum absolute atomic E-state index is 10.7. The minimum absolute atomic E-state index is 0.0991. The van der Waals surface area contributed by atoms with Crippen LogP contribution in [0.3, 0.4) is 0 Å². The lowest BCUT2D eigenvalue weighted by Crippen LogP contribution is -2.35. The normalized spacial score (nSPS) is 29.4. The van der Waals surface area contributed by atoms with Crippen molar-refractivity contribution in [3.8, 4) is 0 Å². The van der Waals surface area contributed by atoms with Gasteiger partial charge in [-0.15, -0.1) is 6.58 Å². The fourth-order valence-electron chi connectivity index (χ4n) is 1.37. The van der Waals surface area contributed by atoms with Crippen LogP contribution in [0.5, 0.6) is 0 Å². The molecule has 2 atom stereocenters. The number of rotatable bonds is 4. The quantitative estimate of drug-likeness (QED) is 0.496. The molecule has 0 aromatic carbocycles. The summed E-state index contributed by atoms with van der Waals surface area (Å²) in [6, 6.07) is 0. The summed E-state index contributed by atoms with van der Waals surface area (Å²) >= 11 is 0. The summed E-state index contributed by atoms with van der Waals surface area (Å²) in [7, 11) is -3.27. The van der Waals surface area contributed by atoms with Gasteiger partial charge in [-0.2, -0.15) is 8.42 Å². The zero-order valence-electron chi connectivity index (χ0n) is 7.19. The second-order valence-electron chi connectivity index (χ2n) is 3.20. The van der Waals surface area contributed by atoms with Gasteiger partial charge < -0.3 is 0 Å². The lowest BCUT2D eigenvalue weighted by atomic mass is 9.80. The van der Waals surface area contributed by atoms with E-state index in [0.29, 0.717) is 5.92 Å². The van der Waals surface area contributed by atoms with Gasteiger partial charge >= 0.3 is 0 Å². The molecule has 0 heterocycles. The van der Waals surface area contributed by atoms with E-state index in [2.05, 4.69) is 6.58 Å². The zero-order valence-corrected chi connectivity index (χ0v) is 8.01. The fraction of sp³-hybridized carbons (Fsp3) is 0.750. The second kappa shape index (κ2) is 3.58. The highest BCUT2D eigenvalue weighted by atomic mass is 32.2. The monoisotopic (exact) mass is 190 g/mol. The predicted molar refractivity (Wildman–Crippen MR) is 47.3 cm³/mol. The molecule has 1 aliphatic rings. The van der Waals surface area contributed by atoms with Crippen molar-refractivity contribution in [2.75, 3.05) is 6.26 Å². The molecule has 0 aromatic heterocycles. The molecule has 70 valence electrons.